The summed E-state index contributed by atoms with van der Waals surface area (Å²) in [5.74, 6) is 0.0695. The Hall–Kier alpha value is -3.40. The van der Waals surface area contributed by atoms with Gasteiger partial charge in [0.25, 0.3) is 5.91 Å². The van der Waals surface area contributed by atoms with Crippen LogP contribution < -0.4 is 4.90 Å². The summed E-state index contributed by atoms with van der Waals surface area (Å²) < 4.78 is 0. The van der Waals surface area contributed by atoms with E-state index in [-0.39, 0.29) is 24.3 Å². The van der Waals surface area contributed by atoms with Crippen LogP contribution in [0.4, 0.5) is 5.69 Å². The number of amides is 2. The standard InChI is InChI=1S/C26H24N2O2/c1-18-10-12-20(13-11-18)24(28-17-21-7-2-4-8-22(21)26(28)30)16-25(29)27-15-14-19-6-3-5-9-23(19)27/h2-13,24H,14-17H2,1H3/t24-/m0/s1. The molecule has 0 fully saturated rings. The van der Waals surface area contributed by atoms with E-state index in [4.69, 9.17) is 0 Å². The van der Waals surface area contributed by atoms with Gasteiger partial charge >= 0.3 is 0 Å². The fraction of sp³-hybridized carbons (Fsp3) is 0.231. The molecule has 0 saturated heterocycles. The number of rotatable bonds is 4. The fourth-order valence-corrected chi connectivity index (χ4v) is 4.60. The highest BCUT2D eigenvalue weighted by molar-refractivity contribution is 6.00. The van der Waals surface area contributed by atoms with Crippen LogP contribution in [0.3, 0.4) is 0 Å². The van der Waals surface area contributed by atoms with Crippen molar-refractivity contribution >= 4 is 17.5 Å². The summed E-state index contributed by atoms with van der Waals surface area (Å²) in [6, 6.07) is 23.7. The van der Waals surface area contributed by atoms with E-state index in [0.29, 0.717) is 13.1 Å². The normalized spacial score (nSPS) is 15.8. The smallest absolute Gasteiger partial charge is 0.255 e. The van der Waals surface area contributed by atoms with Gasteiger partial charge in [0.1, 0.15) is 0 Å². The predicted molar refractivity (Wildman–Crippen MR) is 117 cm³/mol. The van der Waals surface area contributed by atoms with Crippen molar-refractivity contribution in [3.63, 3.8) is 0 Å². The maximum atomic E-state index is 13.4. The van der Waals surface area contributed by atoms with E-state index in [1.54, 1.807) is 0 Å². The molecule has 3 aromatic rings. The molecule has 0 N–H and O–H groups in total. The first kappa shape index (κ1) is 18.6. The zero-order valence-corrected chi connectivity index (χ0v) is 17.0. The average Bonchev–Trinajstić information content (AvgIpc) is 3.34. The van der Waals surface area contributed by atoms with Gasteiger partial charge in [-0.2, -0.15) is 0 Å². The first-order valence-corrected chi connectivity index (χ1v) is 10.5. The first-order valence-electron chi connectivity index (χ1n) is 10.5. The van der Waals surface area contributed by atoms with E-state index < -0.39 is 0 Å². The monoisotopic (exact) mass is 396 g/mol. The molecule has 0 aromatic heterocycles. The lowest BCUT2D eigenvalue weighted by atomic mass is 10.00. The summed E-state index contributed by atoms with van der Waals surface area (Å²) in [6.45, 7) is 3.28. The zero-order valence-electron chi connectivity index (χ0n) is 17.0. The van der Waals surface area contributed by atoms with Crippen LogP contribution in [-0.4, -0.2) is 23.3 Å². The maximum Gasteiger partial charge on any atom is 0.255 e. The lowest BCUT2D eigenvalue weighted by molar-refractivity contribution is -0.119. The van der Waals surface area contributed by atoms with Gasteiger partial charge in [-0.25, -0.2) is 0 Å². The zero-order chi connectivity index (χ0) is 20.7. The Morgan fingerprint density at radius 1 is 0.933 bits per heavy atom. The van der Waals surface area contributed by atoms with Crippen LogP contribution in [0.1, 0.15) is 45.1 Å². The van der Waals surface area contributed by atoms with Crippen LogP contribution in [0.2, 0.25) is 0 Å². The molecule has 1 atom stereocenters. The number of anilines is 1. The number of aryl methyl sites for hydroxylation is 1. The molecule has 0 radical (unpaired) electrons. The van der Waals surface area contributed by atoms with Crippen molar-refractivity contribution in [1.82, 2.24) is 4.90 Å². The molecule has 2 aliphatic heterocycles. The van der Waals surface area contributed by atoms with Crippen LogP contribution >= 0.6 is 0 Å². The number of carbonyl (C=O) groups excluding carboxylic acids is 2. The summed E-state index contributed by atoms with van der Waals surface area (Å²) >= 11 is 0. The van der Waals surface area contributed by atoms with Crippen molar-refractivity contribution in [3.8, 4) is 0 Å². The Kier molecular flexibility index (Phi) is 4.62. The van der Waals surface area contributed by atoms with Crippen molar-refractivity contribution < 1.29 is 9.59 Å². The minimum absolute atomic E-state index is 0.00537. The number of nitrogens with zero attached hydrogens (tertiary/aromatic N) is 2. The molecule has 150 valence electrons. The van der Waals surface area contributed by atoms with Crippen LogP contribution in [0.5, 0.6) is 0 Å². The molecule has 0 saturated carbocycles. The van der Waals surface area contributed by atoms with Crippen molar-refractivity contribution in [2.24, 2.45) is 0 Å². The van der Waals surface area contributed by atoms with Gasteiger partial charge in [0, 0.05) is 24.3 Å². The average molecular weight is 396 g/mol. The first-order chi connectivity index (χ1) is 14.6. The van der Waals surface area contributed by atoms with Gasteiger partial charge in [-0.15, -0.1) is 0 Å². The molecule has 2 amide bonds. The highest BCUT2D eigenvalue weighted by atomic mass is 16.2. The second kappa shape index (κ2) is 7.45. The molecule has 2 heterocycles. The Morgan fingerprint density at radius 2 is 1.63 bits per heavy atom. The topological polar surface area (TPSA) is 40.6 Å². The molecule has 5 rings (SSSR count). The lowest BCUT2D eigenvalue weighted by Gasteiger charge is -2.30. The van der Waals surface area contributed by atoms with Gasteiger partial charge in [-0.05, 0) is 42.2 Å². The second-order valence-electron chi connectivity index (χ2n) is 8.14. The number of benzene rings is 3. The number of hydrogen-bond donors (Lipinski definition) is 0. The van der Waals surface area contributed by atoms with E-state index in [2.05, 4.69) is 6.07 Å². The minimum atomic E-state index is -0.286. The molecule has 0 bridgehead atoms. The summed E-state index contributed by atoms with van der Waals surface area (Å²) in [6.07, 6.45) is 1.16. The molecule has 0 spiro atoms. The predicted octanol–water partition coefficient (Wildman–Crippen LogP) is 4.67. The van der Waals surface area contributed by atoms with E-state index >= 15 is 0 Å². The van der Waals surface area contributed by atoms with Gasteiger partial charge in [0.15, 0.2) is 0 Å². The lowest BCUT2D eigenvalue weighted by Crippen LogP contribution is -2.36. The summed E-state index contributed by atoms with van der Waals surface area (Å²) in [5.41, 5.74) is 6.15. The molecule has 3 aromatic carbocycles. The fourth-order valence-electron chi connectivity index (χ4n) is 4.60. The van der Waals surface area contributed by atoms with Gasteiger partial charge in [0.05, 0.1) is 12.5 Å². The Bertz CT molecular complexity index is 1120. The van der Waals surface area contributed by atoms with Crippen LogP contribution in [0.25, 0.3) is 0 Å². The summed E-state index contributed by atoms with van der Waals surface area (Å²) in [4.78, 5) is 30.3. The number of fused-ring (bicyclic) bond motifs is 2. The second-order valence-corrected chi connectivity index (χ2v) is 8.14. The largest absolute Gasteiger partial charge is 0.327 e. The molecule has 0 unspecified atom stereocenters. The SMILES string of the molecule is Cc1ccc([C@H](CC(=O)N2CCc3ccccc32)N2Cc3ccccc3C2=O)cc1. The van der Waals surface area contributed by atoms with Gasteiger partial charge in [0.2, 0.25) is 5.91 Å². The van der Waals surface area contributed by atoms with E-state index in [1.807, 2.05) is 83.5 Å². The van der Waals surface area contributed by atoms with Crippen LogP contribution in [0.15, 0.2) is 72.8 Å². The highest BCUT2D eigenvalue weighted by Crippen LogP contribution is 2.35. The summed E-state index contributed by atoms with van der Waals surface area (Å²) in [7, 11) is 0. The third-order valence-electron chi connectivity index (χ3n) is 6.24. The molecule has 4 heteroatoms. The molecule has 4 nitrogen and oxygen atoms in total. The van der Waals surface area contributed by atoms with Crippen molar-refractivity contribution in [3.05, 3.63) is 101 Å². The molecule has 2 aliphatic rings. The number of carbonyl (C=O) groups is 2. The van der Waals surface area contributed by atoms with Crippen LogP contribution in [-0.2, 0) is 17.8 Å². The van der Waals surface area contributed by atoms with Crippen molar-refractivity contribution in [1.29, 1.82) is 0 Å². The van der Waals surface area contributed by atoms with Crippen molar-refractivity contribution in [2.45, 2.75) is 32.4 Å². The van der Waals surface area contributed by atoms with Gasteiger partial charge in [-0.3, -0.25) is 9.59 Å². The Labute approximate surface area is 176 Å². The molecule has 30 heavy (non-hydrogen) atoms. The highest BCUT2D eigenvalue weighted by Gasteiger charge is 2.36. The van der Waals surface area contributed by atoms with Crippen LogP contribution in [0, 0.1) is 6.92 Å². The molecule has 0 aliphatic carbocycles. The number of hydrogen-bond acceptors (Lipinski definition) is 2. The Balaban J connectivity index is 1.46. The minimum Gasteiger partial charge on any atom is -0.327 e. The van der Waals surface area contributed by atoms with E-state index in [1.165, 1.54) is 5.56 Å². The molecular weight excluding hydrogens is 372 g/mol. The summed E-state index contributed by atoms with van der Waals surface area (Å²) in [5, 5.41) is 0. The maximum absolute atomic E-state index is 13.4. The van der Waals surface area contributed by atoms with E-state index in [0.717, 1.165) is 34.4 Å². The van der Waals surface area contributed by atoms with Crippen molar-refractivity contribution in [2.75, 3.05) is 11.4 Å². The quantitative estimate of drug-likeness (QED) is 0.643. The number of para-hydroxylation sites is 1. The van der Waals surface area contributed by atoms with Gasteiger partial charge < -0.3 is 9.80 Å². The third-order valence-corrected chi connectivity index (χ3v) is 6.24. The van der Waals surface area contributed by atoms with Gasteiger partial charge in [-0.1, -0.05) is 66.2 Å². The molecular formula is C26H24N2O2. The Morgan fingerprint density at radius 3 is 2.40 bits per heavy atom. The van der Waals surface area contributed by atoms with E-state index in [9.17, 15) is 9.59 Å². The third kappa shape index (κ3) is 3.18.